The van der Waals surface area contributed by atoms with Gasteiger partial charge in [0.25, 0.3) is 0 Å². The van der Waals surface area contributed by atoms with Crippen molar-refractivity contribution in [3.63, 3.8) is 0 Å². The molecule has 0 radical (unpaired) electrons. The molecule has 0 unspecified atom stereocenters. The summed E-state index contributed by atoms with van der Waals surface area (Å²) in [5.41, 5.74) is 20.2. The SMILES string of the molecule is c1ccc(-c2ccc(-c3ccc(N(c4cccc(-c5ccc6c(c5)-c5cccc7cccc(c57)S6)c4)c4ccc5c(c4)C(c4ccccc4)(c4ccccc4)c4ccccc4-5)cc3)cc2)cc1. The van der Waals surface area contributed by atoms with Crippen LogP contribution < -0.4 is 4.90 Å². The lowest BCUT2D eigenvalue weighted by Gasteiger charge is -2.35. The van der Waals surface area contributed by atoms with Gasteiger partial charge in [0, 0.05) is 32.2 Å². The molecule has 13 rings (SSSR count). The first-order valence-electron chi connectivity index (χ1n) is 23.1. The molecule has 1 heterocycles. The summed E-state index contributed by atoms with van der Waals surface area (Å²) in [6, 6.07) is 96.4. The Hall–Kier alpha value is -8.17. The second-order valence-electron chi connectivity index (χ2n) is 17.6. The van der Waals surface area contributed by atoms with E-state index in [0.29, 0.717) is 0 Å². The van der Waals surface area contributed by atoms with Crippen LogP contribution in [0.4, 0.5) is 17.1 Å². The first kappa shape index (κ1) is 39.2. The lowest BCUT2D eigenvalue weighted by Crippen LogP contribution is -2.28. The van der Waals surface area contributed by atoms with Crippen LogP contribution in [0, 0.1) is 0 Å². The normalized spacial score (nSPS) is 12.8. The molecule has 1 aliphatic heterocycles. The quantitative estimate of drug-likeness (QED) is 0.150. The van der Waals surface area contributed by atoms with E-state index in [9.17, 15) is 0 Å². The summed E-state index contributed by atoms with van der Waals surface area (Å²) in [5, 5.41) is 2.63. The highest BCUT2D eigenvalue weighted by Crippen LogP contribution is 2.57. The Labute approximate surface area is 396 Å². The molecule has 0 saturated carbocycles. The number of anilines is 3. The zero-order chi connectivity index (χ0) is 44.3. The molecule has 0 saturated heterocycles. The highest BCUT2D eigenvalue weighted by molar-refractivity contribution is 7.99. The molecule has 0 N–H and O–H groups in total. The number of hydrogen-bond donors (Lipinski definition) is 0. The molecule has 67 heavy (non-hydrogen) atoms. The maximum absolute atomic E-state index is 2.46. The molecule has 11 aromatic carbocycles. The van der Waals surface area contributed by atoms with E-state index in [1.165, 1.54) is 98.5 Å². The molecule has 0 amide bonds. The Morgan fingerprint density at radius 2 is 0.791 bits per heavy atom. The predicted molar refractivity (Wildman–Crippen MR) is 282 cm³/mol. The minimum atomic E-state index is -0.517. The summed E-state index contributed by atoms with van der Waals surface area (Å²) in [6.45, 7) is 0. The molecule has 0 aromatic heterocycles. The van der Waals surface area contributed by atoms with Crippen molar-refractivity contribution in [3.8, 4) is 55.6 Å². The van der Waals surface area contributed by atoms with E-state index < -0.39 is 5.41 Å². The van der Waals surface area contributed by atoms with Gasteiger partial charge in [-0.15, -0.1) is 0 Å². The lowest BCUT2D eigenvalue weighted by atomic mass is 9.67. The van der Waals surface area contributed by atoms with E-state index in [-0.39, 0.29) is 0 Å². The van der Waals surface area contributed by atoms with E-state index in [4.69, 9.17) is 0 Å². The molecule has 2 heteroatoms. The topological polar surface area (TPSA) is 3.24 Å². The van der Waals surface area contributed by atoms with Gasteiger partial charge in [-0.05, 0) is 138 Å². The Kier molecular flexibility index (Phi) is 9.40. The van der Waals surface area contributed by atoms with Crippen molar-refractivity contribution in [1.82, 2.24) is 0 Å². The lowest BCUT2D eigenvalue weighted by molar-refractivity contribution is 0.768. The standard InChI is InChI=1S/C65H43NS/c1-4-15-44(16-5-1)45-29-31-46(32-30-45)47-33-36-53(37-34-47)66(54-24-12-19-49(41-54)50-35-40-62-59(42-50)58-26-13-17-48-18-14-28-63(67-62)64(48)58)55-38-39-57-56-25-10-11-27-60(56)65(61(57)43-55,51-20-6-2-7-21-51)52-22-8-3-9-23-52/h1-43H. The van der Waals surface area contributed by atoms with Crippen LogP contribution in [0.5, 0.6) is 0 Å². The third kappa shape index (κ3) is 6.48. The van der Waals surface area contributed by atoms with E-state index in [1.807, 2.05) is 11.8 Å². The van der Waals surface area contributed by atoms with Gasteiger partial charge in [-0.2, -0.15) is 0 Å². The van der Waals surface area contributed by atoms with Gasteiger partial charge < -0.3 is 4.90 Å². The van der Waals surface area contributed by atoms with Crippen molar-refractivity contribution in [2.24, 2.45) is 0 Å². The molecule has 0 bridgehead atoms. The zero-order valence-corrected chi connectivity index (χ0v) is 37.5. The van der Waals surface area contributed by atoms with E-state index in [0.717, 1.165) is 17.1 Å². The highest BCUT2D eigenvalue weighted by Gasteiger charge is 2.46. The van der Waals surface area contributed by atoms with Crippen LogP contribution in [-0.4, -0.2) is 0 Å². The van der Waals surface area contributed by atoms with Gasteiger partial charge in [-0.3, -0.25) is 0 Å². The highest BCUT2D eigenvalue weighted by atomic mass is 32.2. The molecule has 0 atom stereocenters. The maximum Gasteiger partial charge on any atom is 0.0714 e. The summed E-state index contributed by atoms with van der Waals surface area (Å²) >= 11 is 1.87. The summed E-state index contributed by atoms with van der Waals surface area (Å²) < 4.78 is 0. The van der Waals surface area contributed by atoms with Crippen molar-refractivity contribution in [1.29, 1.82) is 0 Å². The smallest absolute Gasteiger partial charge is 0.0714 e. The fraction of sp³-hybridized carbons (Fsp3) is 0.0154. The molecule has 1 nitrogen and oxygen atoms in total. The van der Waals surface area contributed by atoms with Crippen molar-refractivity contribution in [3.05, 3.63) is 283 Å². The van der Waals surface area contributed by atoms with Crippen LogP contribution in [-0.2, 0) is 5.41 Å². The molecular formula is C65H43NS. The van der Waals surface area contributed by atoms with Crippen molar-refractivity contribution in [2.75, 3.05) is 4.90 Å². The van der Waals surface area contributed by atoms with Crippen LogP contribution in [0.1, 0.15) is 22.3 Å². The largest absolute Gasteiger partial charge is 0.310 e. The minimum absolute atomic E-state index is 0.517. The second kappa shape index (κ2) is 16.1. The number of hydrogen-bond acceptors (Lipinski definition) is 2. The third-order valence-electron chi connectivity index (χ3n) is 13.9. The Bertz CT molecular complexity index is 3590. The number of fused-ring (bicyclic) bond motifs is 5. The van der Waals surface area contributed by atoms with Gasteiger partial charge in [-0.25, -0.2) is 0 Å². The number of nitrogens with zero attached hydrogens (tertiary/aromatic N) is 1. The monoisotopic (exact) mass is 869 g/mol. The second-order valence-corrected chi connectivity index (χ2v) is 18.7. The van der Waals surface area contributed by atoms with Gasteiger partial charge in [0.1, 0.15) is 0 Å². The molecule has 314 valence electrons. The van der Waals surface area contributed by atoms with Gasteiger partial charge in [0.05, 0.1) is 5.41 Å². The Morgan fingerprint density at radius 3 is 1.51 bits per heavy atom. The molecule has 2 aliphatic rings. The van der Waals surface area contributed by atoms with Crippen LogP contribution in [0.2, 0.25) is 0 Å². The average Bonchev–Trinajstić information content (AvgIpc) is 3.70. The van der Waals surface area contributed by atoms with E-state index in [2.05, 4.69) is 266 Å². The predicted octanol–water partition coefficient (Wildman–Crippen LogP) is 17.8. The molecule has 0 fully saturated rings. The van der Waals surface area contributed by atoms with Crippen molar-refractivity contribution in [2.45, 2.75) is 15.2 Å². The third-order valence-corrected chi connectivity index (χ3v) is 15.1. The van der Waals surface area contributed by atoms with Gasteiger partial charge >= 0.3 is 0 Å². The molecule has 11 aromatic rings. The first-order chi connectivity index (χ1) is 33.2. The average molecular weight is 870 g/mol. The van der Waals surface area contributed by atoms with Crippen LogP contribution >= 0.6 is 11.8 Å². The van der Waals surface area contributed by atoms with Crippen molar-refractivity contribution >= 4 is 39.6 Å². The molecule has 0 spiro atoms. The Morgan fingerprint density at radius 1 is 0.284 bits per heavy atom. The molecular weight excluding hydrogens is 827 g/mol. The van der Waals surface area contributed by atoms with Crippen LogP contribution in [0.3, 0.4) is 0 Å². The fourth-order valence-electron chi connectivity index (χ4n) is 10.9. The summed E-state index contributed by atoms with van der Waals surface area (Å²) in [6.07, 6.45) is 0. The first-order valence-corrected chi connectivity index (χ1v) is 23.9. The minimum Gasteiger partial charge on any atom is -0.310 e. The number of rotatable bonds is 8. The zero-order valence-electron chi connectivity index (χ0n) is 36.7. The Balaban J connectivity index is 0.970. The maximum atomic E-state index is 2.46. The van der Waals surface area contributed by atoms with E-state index >= 15 is 0 Å². The fourth-order valence-corrected chi connectivity index (χ4v) is 12.0. The van der Waals surface area contributed by atoms with Gasteiger partial charge in [0.2, 0.25) is 0 Å². The number of benzene rings is 11. The summed E-state index contributed by atoms with van der Waals surface area (Å²) in [4.78, 5) is 5.06. The van der Waals surface area contributed by atoms with Gasteiger partial charge in [-0.1, -0.05) is 218 Å². The van der Waals surface area contributed by atoms with Crippen molar-refractivity contribution < 1.29 is 0 Å². The molecule has 1 aliphatic carbocycles. The van der Waals surface area contributed by atoms with Crippen LogP contribution in [0.25, 0.3) is 66.4 Å². The van der Waals surface area contributed by atoms with Crippen LogP contribution in [0.15, 0.2) is 271 Å². The van der Waals surface area contributed by atoms with Gasteiger partial charge in [0.15, 0.2) is 0 Å². The summed E-state index contributed by atoms with van der Waals surface area (Å²) in [5.74, 6) is 0. The van der Waals surface area contributed by atoms with E-state index in [1.54, 1.807) is 0 Å². The summed E-state index contributed by atoms with van der Waals surface area (Å²) in [7, 11) is 0.